The van der Waals surface area contributed by atoms with Crippen molar-refractivity contribution >= 4 is 29.1 Å². The number of nitrogens with one attached hydrogen (secondary N) is 1. The van der Waals surface area contributed by atoms with Gasteiger partial charge in [-0.3, -0.25) is 9.48 Å². The minimum Gasteiger partial charge on any atom is -0.496 e. The zero-order chi connectivity index (χ0) is 21.0. The van der Waals surface area contributed by atoms with Crippen LogP contribution in [0.1, 0.15) is 35.4 Å². The van der Waals surface area contributed by atoms with Gasteiger partial charge < -0.3 is 10.1 Å². The van der Waals surface area contributed by atoms with E-state index < -0.39 is 24.2 Å². The number of aromatic nitrogens is 2. The first-order valence-corrected chi connectivity index (χ1v) is 9.20. The fourth-order valence-corrected chi connectivity index (χ4v) is 3.18. The summed E-state index contributed by atoms with van der Waals surface area (Å²) < 4.78 is 58.2. The molecule has 1 aromatic heterocycles. The van der Waals surface area contributed by atoms with Crippen molar-refractivity contribution in [3.8, 4) is 5.75 Å². The van der Waals surface area contributed by atoms with Crippen molar-refractivity contribution in [2.45, 2.75) is 19.4 Å². The smallest absolute Gasteiger partial charge is 0.282 e. The van der Waals surface area contributed by atoms with Crippen LogP contribution in [0.25, 0.3) is 0 Å². The first kappa shape index (κ1) is 20.8. The summed E-state index contributed by atoms with van der Waals surface area (Å²) in [6.07, 6.45) is -4.51. The van der Waals surface area contributed by atoms with E-state index in [9.17, 15) is 22.4 Å². The molecule has 1 aliphatic rings. The van der Waals surface area contributed by atoms with E-state index in [1.807, 2.05) is 0 Å². The van der Waals surface area contributed by atoms with Crippen LogP contribution in [-0.4, -0.2) is 39.9 Å². The second-order valence-corrected chi connectivity index (χ2v) is 6.78. The minimum absolute atomic E-state index is 0.159. The summed E-state index contributed by atoms with van der Waals surface area (Å²) in [6.45, 7) is -0.197. The maximum absolute atomic E-state index is 13.2. The number of hydrogen-bond donors (Lipinski definition) is 1. The molecule has 7 nitrogen and oxygen atoms in total. The molecule has 12 heteroatoms. The molecular weight excluding hydrogens is 414 g/mol. The summed E-state index contributed by atoms with van der Waals surface area (Å²) in [5.74, 6) is 0.493. The number of benzene rings is 1. The van der Waals surface area contributed by atoms with Gasteiger partial charge in [-0.05, 0) is 29.8 Å². The summed E-state index contributed by atoms with van der Waals surface area (Å²) in [5, 5.41) is 14.2. The van der Waals surface area contributed by atoms with Crippen LogP contribution in [0.15, 0.2) is 34.5 Å². The molecule has 29 heavy (non-hydrogen) atoms. The highest BCUT2D eigenvalue weighted by Crippen LogP contribution is 2.27. The molecule has 1 N–H and O–H groups in total. The molecule has 1 fully saturated rings. The lowest BCUT2D eigenvalue weighted by atomic mass is 10.1. The second-order valence-electron chi connectivity index (χ2n) is 5.81. The van der Waals surface area contributed by atoms with Gasteiger partial charge in [-0.25, -0.2) is 17.6 Å². The molecule has 0 unspecified atom stereocenters. The highest BCUT2D eigenvalue weighted by atomic mass is 32.2. The third-order valence-electron chi connectivity index (χ3n) is 3.84. The van der Waals surface area contributed by atoms with E-state index in [0.29, 0.717) is 28.1 Å². The topological polar surface area (TPSA) is 80.9 Å². The van der Waals surface area contributed by atoms with Gasteiger partial charge in [0, 0.05) is 5.56 Å². The number of ether oxygens (including phenoxy) is 1. The van der Waals surface area contributed by atoms with Crippen molar-refractivity contribution in [2.24, 2.45) is 10.2 Å². The number of carbonyl (C=O) groups is 1. The molecule has 0 spiro atoms. The first-order valence-electron chi connectivity index (χ1n) is 8.22. The molecule has 1 aromatic carbocycles. The van der Waals surface area contributed by atoms with Crippen molar-refractivity contribution in [2.75, 3.05) is 12.9 Å². The van der Waals surface area contributed by atoms with E-state index in [1.165, 1.54) is 25.1 Å². The van der Waals surface area contributed by atoms with Gasteiger partial charge >= 0.3 is 0 Å². The lowest BCUT2D eigenvalue weighted by Gasteiger charge is -2.11. The number of carbonyl (C=O) groups excluding carboxylic acids is 1. The second kappa shape index (κ2) is 9.07. The van der Waals surface area contributed by atoms with Crippen LogP contribution in [0.2, 0.25) is 0 Å². The molecule has 2 heterocycles. The van der Waals surface area contributed by atoms with E-state index in [1.54, 1.807) is 18.2 Å². The number of amidine groups is 1. The van der Waals surface area contributed by atoms with Gasteiger partial charge in [0.2, 0.25) is 5.91 Å². The number of thioether (sulfide) groups is 1. The van der Waals surface area contributed by atoms with Gasteiger partial charge in [-0.1, -0.05) is 11.8 Å². The average molecular weight is 429 g/mol. The molecule has 1 amide bonds. The molecule has 0 bridgehead atoms. The molecule has 0 saturated carbocycles. The van der Waals surface area contributed by atoms with E-state index in [2.05, 4.69) is 20.6 Å². The molecule has 0 radical (unpaired) electrons. The predicted octanol–water partition coefficient (Wildman–Crippen LogP) is 3.37. The normalized spacial score (nSPS) is 15.8. The zero-order valence-corrected chi connectivity index (χ0v) is 15.8. The summed E-state index contributed by atoms with van der Waals surface area (Å²) in [7, 11) is 1.40. The largest absolute Gasteiger partial charge is 0.496 e. The molecule has 3 rings (SSSR count). The van der Waals surface area contributed by atoms with Gasteiger partial charge in [-0.15, -0.1) is 5.10 Å². The van der Waals surface area contributed by atoms with E-state index in [0.717, 1.165) is 4.68 Å². The Morgan fingerprint density at radius 3 is 2.72 bits per heavy atom. The molecule has 1 aliphatic heterocycles. The average Bonchev–Trinajstić information content (AvgIpc) is 3.28. The molecule has 0 atom stereocenters. The van der Waals surface area contributed by atoms with Crippen LogP contribution >= 0.6 is 11.8 Å². The monoisotopic (exact) mass is 429 g/mol. The first-order chi connectivity index (χ1) is 13.9. The zero-order valence-electron chi connectivity index (χ0n) is 15.0. The fourth-order valence-electron chi connectivity index (χ4n) is 2.55. The van der Waals surface area contributed by atoms with Crippen molar-refractivity contribution < 1.29 is 27.1 Å². The van der Waals surface area contributed by atoms with Gasteiger partial charge in [0.25, 0.3) is 12.9 Å². The molecule has 154 valence electrons. The van der Waals surface area contributed by atoms with Gasteiger partial charge in [0.1, 0.15) is 17.1 Å². The van der Waals surface area contributed by atoms with Crippen molar-refractivity contribution in [3.63, 3.8) is 0 Å². The van der Waals surface area contributed by atoms with Gasteiger partial charge in [0.05, 0.1) is 25.6 Å². The minimum atomic E-state index is -2.96. The lowest BCUT2D eigenvalue weighted by molar-refractivity contribution is -0.116. The molecule has 2 aromatic rings. The maximum Gasteiger partial charge on any atom is 0.282 e. The summed E-state index contributed by atoms with van der Waals surface area (Å²) in [6, 6.07) is 5.54. The highest BCUT2D eigenvalue weighted by molar-refractivity contribution is 8.15. The predicted molar refractivity (Wildman–Crippen MR) is 99.9 cm³/mol. The number of halogens is 4. The standard InChI is InChI=1S/C17H15F4N5O2S/c1-28-13-3-2-9(6-22-24-17-23-14(27)8-29-17)4-10(13)7-26-12(16(20)21)5-11(25-26)15(18)19/h2-6,15-16H,7-8H2,1H3,(H,23,24,27). The van der Waals surface area contributed by atoms with Crippen LogP contribution in [0.3, 0.4) is 0 Å². The fraction of sp³-hybridized carbons (Fsp3) is 0.294. The summed E-state index contributed by atoms with van der Waals surface area (Å²) in [5.41, 5.74) is -0.316. The van der Waals surface area contributed by atoms with E-state index in [-0.39, 0.29) is 18.2 Å². The SMILES string of the molecule is COc1ccc(C=NN=C2NC(=O)CS2)cc1Cn1nc(C(F)F)cc1C(F)F. The van der Waals surface area contributed by atoms with E-state index >= 15 is 0 Å². The third-order valence-corrected chi connectivity index (χ3v) is 4.71. The van der Waals surface area contributed by atoms with Crippen molar-refractivity contribution in [1.29, 1.82) is 0 Å². The van der Waals surface area contributed by atoms with Crippen LogP contribution in [0, 0.1) is 0 Å². The van der Waals surface area contributed by atoms with Crippen LogP contribution in [0.5, 0.6) is 5.75 Å². The van der Waals surface area contributed by atoms with Crippen LogP contribution in [-0.2, 0) is 11.3 Å². The van der Waals surface area contributed by atoms with Crippen molar-refractivity contribution in [1.82, 2.24) is 15.1 Å². The number of amides is 1. The van der Waals surface area contributed by atoms with Gasteiger partial charge in [0.15, 0.2) is 5.17 Å². The number of hydrogen-bond acceptors (Lipinski definition) is 6. The van der Waals surface area contributed by atoms with Crippen LogP contribution in [0.4, 0.5) is 17.6 Å². The summed E-state index contributed by atoms with van der Waals surface area (Å²) >= 11 is 1.22. The Hall–Kier alpha value is -2.89. The quantitative estimate of drug-likeness (QED) is 0.416. The lowest BCUT2D eigenvalue weighted by Crippen LogP contribution is -2.19. The van der Waals surface area contributed by atoms with Gasteiger partial charge in [-0.2, -0.15) is 10.2 Å². The number of alkyl halides is 4. The Morgan fingerprint density at radius 1 is 1.31 bits per heavy atom. The Balaban J connectivity index is 1.85. The Kier molecular flexibility index (Phi) is 6.52. The number of rotatable bonds is 7. The Bertz CT molecular complexity index is 961. The highest BCUT2D eigenvalue weighted by Gasteiger charge is 2.22. The van der Waals surface area contributed by atoms with E-state index in [4.69, 9.17) is 4.74 Å². The molecule has 0 aliphatic carbocycles. The van der Waals surface area contributed by atoms with Crippen molar-refractivity contribution in [3.05, 3.63) is 46.8 Å². The number of methoxy groups -OCH3 is 1. The van der Waals surface area contributed by atoms with Crippen LogP contribution < -0.4 is 10.1 Å². The third kappa shape index (κ3) is 5.13. The molecular formula is C17H15F4N5O2S. The Morgan fingerprint density at radius 2 is 2.10 bits per heavy atom. The number of nitrogens with zero attached hydrogens (tertiary/aromatic N) is 4. The maximum atomic E-state index is 13.2. The Labute approximate surface area is 166 Å². The molecule has 1 saturated heterocycles. The summed E-state index contributed by atoms with van der Waals surface area (Å²) in [4.78, 5) is 11.1.